The second-order valence-corrected chi connectivity index (χ2v) is 8.45. The van der Waals surface area contributed by atoms with Crippen LogP contribution in [0.2, 0.25) is 0 Å². The molecule has 2 aromatic heterocycles. The highest BCUT2D eigenvalue weighted by Gasteiger charge is 2.27. The number of carbonyl (C=O) groups is 2. The van der Waals surface area contributed by atoms with E-state index in [4.69, 9.17) is 14.7 Å². The smallest absolute Gasteiger partial charge is 0.344 e. The predicted molar refractivity (Wildman–Crippen MR) is 145 cm³/mol. The fraction of sp³-hybridized carbons (Fsp3) is 0.133. The summed E-state index contributed by atoms with van der Waals surface area (Å²) in [4.78, 5) is 35.8. The highest BCUT2D eigenvalue weighted by atomic mass is 16.5. The number of nitrogens with one attached hydrogen (secondary N) is 1. The first-order valence-corrected chi connectivity index (χ1v) is 12.2. The van der Waals surface area contributed by atoms with Crippen LogP contribution >= 0.6 is 0 Å². The quantitative estimate of drug-likeness (QED) is 0.224. The number of rotatable bonds is 8. The summed E-state index contributed by atoms with van der Waals surface area (Å²) in [5.41, 5.74) is 4.48. The van der Waals surface area contributed by atoms with Crippen LogP contribution in [0.25, 0.3) is 28.3 Å². The van der Waals surface area contributed by atoms with E-state index >= 15 is 0 Å². The molecule has 0 aliphatic rings. The molecule has 5 aromatic rings. The summed E-state index contributed by atoms with van der Waals surface area (Å²) in [6.45, 7) is 2.41. The summed E-state index contributed by atoms with van der Waals surface area (Å²) < 4.78 is 7.24. The number of fused-ring (bicyclic) bond motifs is 2. The number of aryl methyl sites for hydroxylation is 2. The summed E-state index contributed by atoms with van der Waals surface area (Å²) in [6, 6.07) is 27.0. The van der Waals surface area contributed by atoms with Gasteiger partial charge in [-0.05, 0) is 42.7 Å². The number of hydrogen-bond acceptors (Lipinski definition) is 5. The lowest BCUT2D eigenvalue weighted by atomic mass is 10.1. The molecule has 2 heterocycles. The molecule has 0 unspecified atom stereocenters. The minimum Gasteiger partial charge on any atom is -0.462 e. The van der Waals surface area contributed by atoms with Gasteiger partial charge in [-0.3, -0.25) is 4.79 Å². The van der Waals surface area contributed by atoms with Crippen LogP contribution in [-0.4, -0.2) is 33.0 Å². The average Bonchev–Trinajstić information content (AvgIpc) is 3.22. The molecule has 0 aliphatic carbocycles. The third kappa shape index (κ3) is 5.26. The number of ether oxygens (including phenoxy) is 1. The van der Waals surface area contributed by atoms with Gasteiger partial charge in [0.15, 0.2) is 5.65 Å². The standard InChI is InChI=1S/C30H26N4O3/c1-2-37-30(36)26-27-29(32-24-16-10-9-15-23(24)31-27)34(20-19-22-13-7-4-8-14-22)28(26)33-25(35)18-17-21-11-5-3-6-12-21/h3-18H,2,19-20H2,1H3,(H,33,35)/b18-17+. The maximum Gasteiger partial charge on any atom is 0.344 e. The van der Waals surface area contributed by atoms with Crippen molar-refractivity contribution >= 4 is 46.0 Å². The van der Waals surface area contributed by atoms with Gasteiger partial charge in [-0.15, -0.1) is 0 Å². The van der Waals surface area contributed by atoms with E-state index < -0.39 is 5.97 Å². The van der Waals surface area contributed by atoms with Crippen molar-refractivity contribution in [2.24, 2.45) is 0 Å². The zero-order valence-electron chi connectivity index (χ0n) is 20.4. The van der Waals surface area contributed by atoms with Crippen LogP contribution in [0.4, 0.5) is 5.82 Å². The molecule has 0 radical (unpaired) electrons. The van der Waals surface area contributed by atoms with E-state index in [-0.39, 0.29) is 18.1 Å². The van der Waals surface area contributed by atoms with Gasteiger partial charge in [-0.25, -0.2) is 14.8 Å². The van der Waals surface area contributed by atoms with E-state index in [2.05, 4.69) is 5.32 Å². The average molecular weight is 491 g/mol. The Bertz CT molecular complexity index is 1590. The molecule has 0 saturated heterocycles. The lowest BCUT2D eigenvalue weighted by molar-refractivity contribution is -0.111. The zero-order valence-corrected chi connectivity index (χ0v) is 20.4. The minimum absolute atomic E-state index is 0.192. The van der Waals surface area contributed by atoms with E-state index in [9.17, 15) is 9.59 Å². The number of para-hydroxylation sites is 2. The third-order valence-electron chi connectivity index (χ3n) is 5.97. The van der Waals surface area contributed by atoms with Crippen LogP contribution in [-0.2, 0) is 22.5 Å². The maximum atomic E-state index is 13.2. The van der Waals surface area contributed by atoms with Crippen LogP contribution in [0.5, 0.6) is 0 Å². The van der Waals surface area contributed by atoms with Crippen molar-refractivity contribution < 1.29 is 14.3 Å². The first kappa shape index (κ1) is 23.9. The summed E-state index contributed by atoms with van der Waals surface area (Å²) >= 11 is 0. The molecular weight excluding hydrogens is 464 g/mol. The van der Waals surface area contributed by atoms with Crippen LogP contribution in [0.1, 0.15) is 28.4 Å². The number of nitrogens with zero attached hydrogens (tertiary/aromatic N) is 3. The Morgan fingerprint density at radius 2 is 1.54 bits per heavy atom. The number of anilines is 1. The molecule has 0 bridgehead atoms. The normalized spacial score (nSPS) is 11.3. The van der Waals surface area contributed by atoms with Gasteiger partial charge < -0.3 is 14.6 Å². The van der Waals surface area contributed by atoms with Crippen molar-refractivity contribution in [1.29, 1.82) is 0 Å². The van der Waals surface area contributed by atoms with Crippen molar-refractivity contribution in [2.75, 3.05) is 11.9 Å². The SMILES string of the molecule is CCOC(=O)c1c(NC(=O)/C=C/c2ccccc2)n(CCc2ccccc2)c2nc3ccccc3nc12. The Morgan fingerprint density at radius 3 is 2.24 bits per heavy atom. The number of benzene rings is 3. The second-order valence-electron chi connectivity index (χ2n) is 8.45. The van der Waals surface area contributed by atoms with E-state index in [0.29, 0.717) is 41.0 Å². The van der Waals surface area contributed by atoms with Crippen molar-refractivity contribution in [2.45, 2.75) is 19.9 Å². The van der Waals surface area contributed by atoms with Crippen LogP contribution in [0.3, 0.4) is 0 Å². The van der Waals surface area contributed by atoms with Gasteiger partial charge in [-0.1, -0.05) is 72.8 Å². The lowest BCUT2D eigenvalue weighted by Gasteiger charge is -2.12. The van der Waals surface area contributed by atoms with Crippen LogP contribution in [0, 0.1) is 0 Å². The monoisotopic (exact) mass is 490 g/mol. The highest BCUT2D eigenvalue weighted by Crippen LogP contribution is 2.31. The van der Waals surface area contributed by atoms with Gasteiger partial charge in [0, 0.05) is 12.6 Å². The summed E-state index contributed by atoms with van der Waals surface area (Å²) in [5.74, 6) is -0.608. The van der Waals surface area contributed by atoms with Gasteiger partial charge >= 0.3 is 5.97 Å². The molecule has 0 aliphatic heterocycles. The molecule has 0 spiro atoms. The fourth-order valence-corrected chi connectivity index (χ4v) is 4.22. The molecule has 7 heteroatoms. The van der Waals surface area contributed by atoms with E-state index in [1.807, 2.05) is 89.5 Å². The van der Waals surface area contributed by atoms with E-state index in [1.54, 1.807) is 13.0 Å². The first-order chi connectivity index (χ1) is 18.1. The molecule has 0 fully saturated rings. The molecule has 3 aromatic carbocycles. The highest BCUT2D eigenvalue weighted by molar-refractivity contribution is 6.13. The fourth-order valence-electron chi connectivity index (χ4n) is 4.22. The molecule has 0 atom stereocenters. The van der Waals surface area contributed by atoms with Crippen molar-refractivity contribution in [3.05, 3.63) is 108 Å². The maximum absolute atomic E-state index is 13.2. The van der Waals surface area contributed by atoms with Crippen LogP contribution < -0.4 is 5.32 Å². The largest absolute Gasteiger partial charge is 0.462 e. The van der Waals surface area contributed by atoms with E-state index in [1.165, 1.54) is 6.08 Å². The minimum atomic E-state index is -0.558. The van der Waals surface area contributed by atoms with Gasteiger partial charge in [0.25, 0.3) is 0 Å². The summed E-state index contributed by atoms with van der Waals surface area (Å²) in [7, 11) is 0. The molecule has 37 heavy (non-hydrogen) atoms. The van der Waals surface area contributed by atoms with Crippen molar-refractivity contribution in [3.63, 3.8) is 0 Å². The Labute approximate surface area is 214 Å². The second kappa shape index (κ2) is 10.9. The zero-order chi connectivity index (χ0) is 25.6. The molecule has 1 N–H and O–H groups in total. The molecular formula is C30H26N4O3. The number of aromatic nitrogens is 3. The van der Waals surface area contributed by atoms with Crippen LogP contribution in [0.15, 0.2) is 91.0 Å². The van der Waals surface area contributed by atoms with Crippen molar-refractivity contribution in [3.8, 4) is 0 Å². The Hall–Kier alpha value is -4.78. The van der Waals surface area contributed by atoms with Gasteiger partial charge in [0.05, 0.1) is 17.6 Å². The van der Waals surface area contributed by atoms with Gasteiger partial charge in [-0.2, -0.15) is 0 Å². The summed E-state index contributed by atoms with van der Waals surface area (Å²) in [5, 5.41) is 2.93. The number of esters is 1. The number of carbonyl (C=O) groups excluding carboxylic acids is 2. The molecule has 184 valence electrons. The molecule has 7 nitrogen and oxygen atoms in total. The third-order valence-corrected chi connectivity index (χ3v) is 5.97. The molecule has 1 amide bonds. The Kier molecular flexibility index (Phi) is 7.03. The predicted octanol–water partition coefficient (Wildman–Crippen LogP) is 5.66. The molecule has 5 rings (SSSR count). The number of amides is 1. The molecule has 0 saturated carbocycles. The van der Waals surface area contributed by atoms with Gasteiger partial charge in [0.1, 0.15) is 16.9 Å². The Balaban J connectivity index is 1.63. The first-order valence-electron chi connectivity index (χ1n) is 12.2. The van der Waals surface area contributed by atoms with Gasteiger partial charge in [0.2, 0.25) is 5.91 Å². The van der Waals surface area contributed by atoms with E-state index in [0.717, 1.165) is 11.1 Å². The number of hydrogen-bond donors (Lipinski definition) is 1. The lowest BCUT2D eigenvalue weighted by Crippen LogP contribution is -2.17. The Morgan fingerprint density at radius 1 is 0.892 bits per heavy atom. The topological polar surface area (TPSA) is 86.1 Å². The summed E-state index contributed by atoms with van der Waals surface area (Å²) in [6.07, 6.45) is 3.84. The van der Waals surface area contributed by atoms with Crippen molar-refractivity contribution in [1.82, 2.24) is 14.5 Å².